The molecule has 84 valence electrons. The largest absolute Gasteiger partial charge is 0.415 e. The third kappa shape index (κ3) is 4.58. The van der Waals surface area contributed by atoms with Gasteiger partial charge in [0.15, 0.2) is 8.32 Å². The normalized spacial score (nSPS) is 22.9. The van der Waals surface area contributed by atoms with E-state index in [0.717, 1.165) is 13.2 Å². The minimum absolute atomic E-state index is 0.392. The number of ether oxygens (including phenoxy) is 1. The Hall–Kier alpha value is 0.137. The molecule has 0 aromatic carbocycles. The lowest BCUT2D eigenvalue weighted by Crippen LogP contribution is -2.33. The van der Waals surface area contributed by atoms with Gasteiger partial charge in [-0.25, -0.2) is 0 Å². The topological polar surface area (TPSA) is 18.5 Å². The van der Waals surface area contributed by atoms with Gasteiger partial charge in [0.05, 0.1) is 12.7 Å². The minimum Gasteiger partial charge on any atom is -0.415 e. The van der Waals surface area contributed by atoms with Crippen LogP contribution in [0.5, 0.6) is 0 Å². The van der Waals surface area contributed by atoms with E-state index in [4.69, 9.17) is 9.16 Å². The van der Waals surface area contributed by atoms with Gasteiger partial charge in [-0.05, 0) is 32.0 Å². The lowest BCUT2D eigenvalue weighted by molar-refractivity contribution is 0.0648. The molecule has 1 aliphatic heterocycles. The summed E-state index contributed by atoms with van der Waals surface area (Å²) in [4.78, 5) is 0. The molecule has 0 spiro atoms. The molecule has 1 heterocycles. The zero-order valence-corrected chi connectivity index (χ0v) is 10.8. The molecule has 3 heteroatoms. The van der Waals surface area contributed by atoms with Crippen LogP contribution in [0.3, 0.4) is 0 Å². The van der Waals surface area contributed by atoms with Gasteiger partial charge in [-0.2, -0.15) is 0 Å². The predicted molar refractivity (Wildman–Crippen MR) is 62.1 cm³/mol. The Morgan fingerprint density at radius 1 is 1.43 bits per heavy atom. The minimum atomic E-state index is -1.37. The first-order valence-corrected chi connectivity index (χ1v) is 9.01. The van der Waals surface area contributed by atoms with Crippen molar-refractivity contribution in [3.63, 3.8) is 0 Å². The van der Waals surface area contributed by atoms with Crippen molar-refractivity contribution in [2.75, 3.05) is 13.2 Å². The SMILES string of the molecule is CCCC[Si](C)(C)OCC1CCCO1. The summed E-state index contributed by atoms with van der Waals surface area (Å²) in [6, 6.07) is 1.29. The van der Waals surface area contributed by atoms with Crippen LogP contribution in [-0.2, 0) is 9.16 Å². The van der Waals surface area contributed by atoms with Crippen molar-refractivity contribution in [2.45, 2.75) is 57.8 Å². The van der Waals surface area contributed by atoms with Crippen LogP contribution in [0.1, 0.15) is 32.6 Å². The van der Waals surface area contributed by atoms with Gasteiger partial charge >= 0.3 is 0 Å². The predicted octanol–water partition coefficient (Wildman–Crippen LogP) is 3.19. The van der Waals surface area contributed by atoms with Crippen molar-refractivity contribution in [1.82, 2.24) is 0 Å². The van der Waals surface area contributed by atoms with Crippen molar-refractivity contribution in [2.24, 2.45) is 0 Å². The Balaban J connectivity index is 2.14. The number of unbranched alkanes of at least 4 members (excludes halogenated alkanes) is 1. The standard InChI is InChI=1S/C11H24O2Si/c1-4-5-9-14(2,3)13-10-11-7-6-8-12-11/h11H,4-10H2,1-3H3. The summed E-state index contributed by atoms with van der Waals surface area (Å²) < 4.78 is 11.6. The van der Waals surface area contributed by atoms with E-state index >= 15 is 0 Å². The molecule has 1 saturated heterocycles. The monoisotopic (exact) mass is 216 g/mol. The van der Waals surface area contributed by atoms with Gasteiger partial charge < -0.3 is 9.16 Å². The van der Waals surface area contributed by atoms with Gasteiger partial charge in [0.1, 0.15) is 0 Å². The van der Waals surface area contributed by atoms with Crippen molar-refractivity contribution >= 4 is 8.32 Å². The highest BCUT2D eigenvalue weighted by Crippen LogP contribution is 2.18. The van der Waals surface area contributed by atoms with Gasteiger partial charge in [0.25, 0.3) is 0 Å². The smallest absolute Gasteiger partial charge is 0.186 e. The maximum atomic E-state index is 6.03. The summed E-state index contributed by atoms with van der Waals surface area (Å²) >= 11 is 0. The molecule has 14 heavy (non-hydrogen) atoms. The second kappa shape index (κ2) is 5.88. The number of hydrogen-bond acceptors (Lipinski definition) is 2. The van der Waals surface area contributed by atoms with Gasteiger partial charge in [0.2, 0.25) is 0 Å². The lowest BCUT2D eigenvalue weighted by Gasteiger charge is -2.24. The van der Waals surface area contributed by atoms with Crippen LogP contribution in [0.2, 0.25) is 19.1 Å². The Morgan fingerprint density at radius 2 is 2.21 bits per heavy atom. The second-order valence-corrected chi connectivity index (χ2v) is 9.12. The van der Waals surface area contributed by atoms with E-state index < -0.39 is 8.32 Å². The fourth-order valence-corrected chi connectivity index (χ4v) is 3.76. The summed E-state index contributed by atoms with van der Waals surface area (Å²) in [6.45, 7) is 8.65. The van der Waals surface area contributed by atoms with Crippen LogP contribution >= 0.6 is 0 Å². The van der Waals surface area contributed by atoms with Gasteiger partial charge in [-0.1, -0.05) is 19.8 Å². The molecule has 1 atom stereocenters. The summed E-state index contributed by atoms with van der Waals surface area (Å²) in [5, 5.41) is 0. The third-order valence-corrected chi connectivity index (χ3v) is 5.32. The summed E-state index contributed by atoms with van der Waals surface area (Å²) in [5.74, 6) is 0. The first-order valence-electron chi connectivity index (χ1n) is 5.89. The van der Waals surface area contributed by atoms with Crippen LogP contribution in [0, 0.1) is 0 Å². The van der Waals surface area contributed by atoms with E-state index in [1.54, 1.807) is 0 Å². The van der Waals surface area contributed by atoms with E-state index in [-0.39, 0.29) is 0 Å². The molecule has 2 nitrogen and oxygen atoms in total. The zero-order chi connectivity index (χ0) is 10.4. The van der Waals surface area contributed by atoms with Crippen LogP contribution in [0.25, 0.3) is 0 Å². The average Bonchev–Trinajstić information content (AvgIpc) is 2.64. The Kier molecular flexibility index (Phi) is 5.13. The molecule has 0 bridgehead atoms. The number of rotatable bonds is 6. The second-order valence-electron chi connectivity index (χ2n) is 4.81. The Bertz CT molecular complexity index is 153. The highest BCUT2D eigenvalue weighted by Gasteiger charge is 2.24. The molecule has 0 radical (unpaired) electrons. The number of hydrogen-bond donors (Lipinski definition) is 0. The first kappa shape index (κ1) is 12.2. The molecule has 0 aromatic rings. The fourth-order valence-electron chi connectivity index (χ4n) is 1.77. The lowest BCUT2D eigenvalue weighted by atomic mass is 10.2. The Morgan fingerprint density at radius 3 is 2.79 bits per heavy atom. The summed E-state index contributed by atoms with van der Waals surface area (Å²) in [7, 11) is -1.37. The van der Waals surface area contributed by atoms with Crippen LogP contribution < -0.4 is 0 Å². The summed E-state index contributed by atoms with van der Waals surface area (Å²) in [6.07, 6.45) is 5.39. The quantitative estimate of drug-likeness (QED) is 0.635. The molecule has 0 N–H and O–H groups in total. The van der Waals surface area contributed by atoms with Crippen molar-refractivity contribution in [3.8, 4) is 0 Å². The van der Waals surface area contributed by atoms with E-state index in [1.807, 2.05) is 0 Å². The Labute approximate surface area is 89.1 Å². The molecule has 1 rings (SSSR count). The molecule has 0 saturated carbocycles. The van der Waals surface area contributed by atoms with Crippen LogP contribution in [0.4, 0.5) is 0 Å². The van der Waals surface area contributed by atoms with Crippen LogP contribution in [-0.4, -0.2) is 27.6 Å². The van der Waals surface area contributed by atoms with E-state index in [1.165, 1.54) is 31.7 Å². The molecular weight excluding hydrogens is 192 g/mol. The fraction of sp³-hybridized carbons (Fsp3) is 1.00. The van der Waals surface area contributed by atoms with Gasteiger partial charge in [-0.3, -0.25) is 0 Å². The zero-order valence-electron chi connectivity index (χ0n) is 9.84. The highest BCUT2D eigenvalue weighted by atomic mass is 28.4. The van der Waals surface area contributed by atoms with E-state index in [0.29, 0.717) is 6.10 Å². The molecular formula is C11H24O2Si. The molecule has 1 unspecified atom stereocenters. The van der Waals surface area contributed by atoms with Gasteiger partial charge in [0, 0.05) is 6.61 Å². The van der Waals surface area contributed by atoms with Crippen molar-refractivity contribution in [1.29, 1.82) is 0 Å². The van der Waals surface area contributed by atoms with E-state index in [9.17, 15) is 0 Å². The van der Waals surface area contributed by atoms with Crippen molar-refractivity contribution in [3.05, 3.63) is 0 Å². The maximum absolute atomic E-state index is 6.03. The first-order chi connectivity index (χ1) is 6.64. The molecule has 0 aromatic heterocycles. The average molecular weight is 216 g/mol. The highest BCUT2D eigenvalue weighted by molar-refractivity contribution is 6.71. The van der Waals surface area contributed by atoms with Crippen LogP contribution in [0.15, 0.2) is 0 Å². The summed E-state index contributed by atoms with van der Waals surface area (Å²) in [5.41, 5.74) is 0. The molecule has 0 aliphatic carbocycles. The van der Waals surface area contributed by atoms with Crippen molar-refractivity contribution < 1.29 is 9.16 Å². The van der Waals surface area contributed by atoms with E-state index in [2.05, 4.69) is 20.0 Å². The maximum Gasteiger partial charge on any atom is 0.186 e. The third-order valence-electron chi connectivity index (χ3n) is 2.82. The molecule has 1 fully saturated rings. The van der Waals surface area contributed by atoms with Gasteiger partial charge in [-0.15, -0.1) is 0 Å². The molecule has 1 aliphatic rings. The molecule has 0 amide bonds.